The monoisotopic (exact) mass is 111 g/mol. The Morgan fingerprint density at radius 1 is 1.75 bits per heavy atom. The summed E-state index contributed by atoms with van der Waals surface area (Å²) in [6.45, 7) is 2.71. The van der Waals surface area contributed by atoms with Gasteiger partial charge in [-0.15, -0.1) is 0 Å². The van der Waals surface area contributed by atoms with Gasteiger partial charge in [0.1, 0.15) is 18.8 Å². The molecule has 0 unspecified atom stereocenters. The van der Waals surface area contributed by atoms with Crippen LogP contribution in [0.15, 0.2) is 9.98 Å². The molecule has 0 amide bonds. The number of aliphatic imine (C=N–C) groups is 2. The summed E-state index contributed by atoms with van der Waals surface area (Å²) in [4.78, 5) is 9.87. The van der Waals surface area contributed by atoms with E-state index in [4.69, 9.17) is 0 Å². The summed E-state index contributed by atoms with van der Waals surface area (Å²) in [6.07, 6.45) is 1.59. The lowest BCUT2D eigenvalue weighted by atomic mass is 10.6. The fourth-order valence-corrected chi connectivity index (χ4v) is 0.484. The van der Waals surface area contributed by atoms with Gasteiger partial charge in [0.2, 0.25) is 0 Å². The van der Waals surface area contributed by atoms with Crippen molar-refractivity contribution in [1.29, 1.82) is 0 Å². The largest absolute Gasteiger partial charge is 0.344 e. The van der Waals surface area contributed by atoms with Gasteiger partial charge in [-0.3, -0.25) is 4.99 Å². The number of hydrogen-bond donors (Lipinski definition) is 0. The minimum atomic E-state index is 0.745. The summed E-state index contributed by atoms with van der Waals surface area (Å²) in [5.41, 5.74) is 0. The van der Waals surface area contributed by atoms with E-state index in [1.54, 1.807) is 6.34 Å². The maximum absolute atomic E-state index is 3.96. The van der Waals surface area contributed by atoms with Crippen molar-refractivity contribution in [2.75, 3.05) is 13.7 Å². The van der Waals surface area contributed by atoms with Crippen LogP contribution in [0, 0.1) is 0 Å². The lowest BCUT2D eigenvalue weighted by molar-refractivity contribution is 0.515. The second-order valence-corrected chi connectivity index (χ2v) is 1.81. The lowest BCUT2D eigenvalue weighted by Crippen LogP contribution is -2.26. The zero-order chi connectivity index (χ0) is 5.98. The van der Waals surface area contributed by atoms with E-state index in [0.29, 0.717) is 0 Å². The first-order chi connectivity index (χ1) is 3.80. The van der Waals surface area contributed by atoms with Gasteiger partial charge in [-0.25, -0.2) is 4.99 Å². The molecule has 1 heterocycles. The van der Waals surface area contributed by atoms with E-state index >= 15 is 0 Å². The summed E-state index contributed by atoms with van der Waals surface area (Å²) < 4.78 is 0. The highest BCUT2D eigenvalue weighted by Gasteiger charge is 1.99. The Hall–Kier alpha value is -0.860. The average molecular weight is 111 g/mol. The molecule has 0 bridgehead atoms. The van der Waals surface area contributed by atoms with E-state index in [1.165, 1.54) is 0 Å². The number of nitrogens with zero attached hydrogens (tertiary/aromatic N) is 3. The quantitative estimate of drug-likeness (QED) is 0.443. The van der Waals surface area contributed by atoms with Crippen molar-refractivity contribution < 1.29 is 0 Å². The van der Waals surface area contributed by atoms with E-state index in [1.807, 2.05) is 18.9 Å². The fraction of sp³-hybridized carbons (Fsp3) is 0.600. The molecule has 0 spiro atoms. The van der Waals surface area contributed by atoms with Gasteiger partial charge in [0.15, 0.2) is 0 Å². The van der Waals surface area contributed by atoms with Crippen molar-refractivity contribution in [2.45, 2.75) is 6.92 Å². The van der Waals surface area contributed by atoms with Crippen LogP contribution in [0.5, 0.6) is 0 Å². The van der Waals surface area contributed by atoms with E-state index in [0.717, 1.165) is 12.5 Å². The van der Waals surface area contributed by atoms with Gasteiger partial charge in [-0.1, -0.05) is 0 Å². The maximum Gasteiger partial charge on any atom is 0.114 e. The molecule has 0 atom stereocenters. The molecule has 0 aromatic rings. The SMILES string of the molecule is CC1=NC=NCN1C. The third-order valence-electron chi connectivity index (χ3n) is 1.17. The normalized spacial score (nSPS) is 18.8. The number of hydrogen-bond acceptors (Lipinski definition) is 3. The molecule has 0 aromatic carbocycles. The van der Waals surface area contributed by atoms with E-state index < -0.39 is 0 Å². The molecule has 0 N–H and O–H groups in total. The zero-order valence-corrected chi connectivity index (χ0v) is 5.13. The van der Waals surface area contributed by atoms with Crippen molar-refractivity contribution in [3.8, 4) is 0 Å². The van der Waals surface area contributed by atoms with Gasteiger partial charge >= 0.3 is 0 Å². The van der Waals surface area contributed by atoms with Crippen LogP contribution in [0.2, 0.25) is 0 Å². The molecule has 0 saturated heterocycles. The fourth-order valence-electron chi connectivity index (χ4n) is 0.484. The Labute approximate surface area is 48.7 Å². The molecular weight excluding hydrogens is 102 g/mol. The van der Waals surface area contributed by atoms with Gasteiger partial charge < -0.3 is 4.90 Å². The minimum Gasteiger partial charge on any atom is -0.344 e. The van der Waals surface area contributed by atoms with Crippen LogP contribution in [-0.4, -0.2) is 30.8 Å². The van der Waals surface area contributed by atoms with E-state index in [-0.39, 0.29) is 0 Å². The Balaban J connectivity index is 2.66. The smallest absolute Gasteiger partial charge is 0.114 e. The van der Waals surface area contributed by atoms with Crippen LogP contribution in [0.1, 0.15) is 6.92 Å². The topological polar surface area (TPSA) is 28.0 Å². The predicted octanol–water partition coefficient (Wildman–Crippen LogP) is 0.336. The summed E-state index contributed by atoms with van der Waals surface area (Å²) in [5.74, 6) is 1.03. The van der Waals surface area contributed by atoms with Crippen molar-refractivity contribution in [1.82, 2.24) is 4.90 Å². The van der Waals surface area contributed by atoms with Crippen molar-refractivity contribution in [2.24, 2.45) is 9.98 Å². The molecule has 3 heteroatoms. The molecule has 0 aromatic heterocycles. The van der Waals surface area contributed by atoms with Gasteiger partial charge in [0.25, 0.3) is 0 Å². The molecule has 0 aliphatic carbocycles. The molecule has 8 heavy (non-hydrogen) atoms. The van der Waals surface area contributed by atoms with Gasteiger partial charge in [0, 0.05) is 7.05 Å². The number of amidine groups is 1. The van der Waals surface area contributed by atoms with Crippen molar-refractivity contribution in [3.63, 3.8) is 0 Å². The molecule has 1 aliphatic rings. The Morgan fingerprint density at radius 3 is 2.88 bits per heavy atom. The second-order valence-electron chi connectivity index (χ2n) is 1.81. The second kappa shape index (κ2) is 1.94. The van der Waals surface area contributed by atoms with E-state index in [9.17, 15) is 0 Å². The molecule has 44 valence electrons. The Kier molecular flexibility index (Phi) is 1.28. The molecule has 0 radical (unpaired) electrons. The number of rotatable bonds is 0. The summed E-state index contributed by atoms with van der Waals surface area (Å²) in [6, 6.07) is 0. The minimum absolute atomic E-state index is 0.745. The third-order valence-corrected chi connectivity index (χ3v) is 1.17. The van der Waals surface area contributed by atoms with Crippen LogP contribution in [0.4, 0.5) is 0 Å². The van der Waals surface area contributed by atoms with Crippen LogP contribution in [-0.2, 0) is 0 Å². The molecule has 0 saturated carbocycles. The molecule has 1 aliphatic heterocycles. The van der Waals surface area contributed by atoms with Crippen LogP contribution < -0.4 is 0 Å². The first kappa shape index (κ1) is 5.28. The Morgan fingerprint density at radius 2 is 2.50 bits per heavy atom. The predicted molar refractivity (Wildman–Crippen MR) is 34.2 cm³/mol. The highest BCUT2D eigenvalue weighted by atomic mass is 15.2. The van der Waals surface area contributed by atoms with Crippen LogP contribution in [0.25, 0.3) is 0 Å². The van der Waals surface area contributed by atoms with Crippen LogP contribution >= 0.6 is 0 Å². The highest BCUT2D eigenvalue weighted by Crippen LogP contribution is 1.90. The molecule has 1 rings (SSSR count). The van der Waals surface area contributed by atoms with Gasteiger partial charge in [0.05, 0.1) is 0 Å². The van der Waals surface area contributed by atoms with Crippen molar-refractivity contribution >= 4 is 12.2 Å². The first-order valence-corrected chi connectivity index (χ1v) is 2.54. The average Bonchev–Trinajstić information content (AvgIpc) is 1.77. The third kappa shape index (κ3) is 0.857. The summed E-state index contributed by atoms with van der Waals surface area (Å²) in [5, 5.41) is 0. The molecular formula is C5H9N3. The first-order valence-electron chi connectivity index (χ1n) is 2.54. The maximum atomic E-state index is 3.96. The van der Waals surface area contributed by atoms with Crippen LogP contribution in [0.3, 0.4) is 0 Å². The van der Waals surface area contributed by atoms with E-state index in [2.05, 4.69) is 9.98 Å². The van der Waals surface area contributed by atoms with Gasteiger partial charge in [-0.2, -0.15) is 0 Å². The van der Waals surface area contributed by atoms with Gasteiger partial charge in [-0.05, 0) is 6.92 Å². The lowest BCUT2D eigenvalue weighted by Gasteiger charge is -2.17. The summed E-state index contributed by atoms with van der Waals surface area (Å²) in [7, 11) is 1.97. The molecule has 3 nitrogen and oxygen atoms in total. The van der Waals surface area contributed by atoms with Crippen molar-refractivity contribution in [3.05, 3.63) is 0 Å². The Bertz CT molecular complexity index is 137. The summed E-state index contributed by atoms with van der Waals surface area (Å²) >= 11 is 0. The zero-order valence-electron chi connectivity index (χ0n) is 5.13. The highest BCUT2D eigenvalue weighted by molar-refractivity contribution is 5.87. The standard InChI is InChI=1S/C5H9N3/c1-5-7-3-6-4-8(5)2/h3H,4H2,1-2H3. The molecule has 0 fully saturated rings.